The molecule has 0 spiro atoms. The first-order valence-corrected chi connectivity index (χ1v) is 12.0. The van der Waals surface area contributed by atoms with E-state index in [2.05, 4.69) is 10.6 Å². The highest BCUT2D eigenvalue weighted by molar-refractivity contribution is 8.00. The highest BCUT2D eigenvalue weighted by atomic mass is 32.2. The minimum atomic E-state index is -0.486. The third kappa shape index (κ3) is 6.03. The number of carbonyl (C=O) groups excluding carboxylic acids is 2. The molecule has 0 fully saturated rings. The van der Waals surface area contributed by atoms with E-state index in [0.29, 0.717) is 22.0 Å². The van der Waals surface area contributed by atoms with Crippen LogP contribution in [0.4, 0.5) is 11.4 Å². The summed E-state index contributed by atoms with van der Waals surface area (Å²) in [5, 5.41) is 7.30. The zero-order valence-electron chi connectivity index (χ0n) is 17.9. The Morgan fingerprint density at radius 2 is 1.61 bits per heavy atom. The van der Waals surface area contributed by atoms with Crippen LogP contribution in [0.5, 0.6) is 5.75 Å². The molecule has 2 amide bonds. The molecule has 1 atom stereocenters. The van der Waals surface area contributed by atoms with Crippen molar-refractivity contribution in [3.8, 4) is 5.75 Å². The number of hydrogen-bond donors (Lipinski definition) is 2. The summed E-state index contributed by atoms with van der Waals surface area (Å²) in [6.07, 6.45) is 0. The van der Waals surface area contributed by atoms with E-state index in [9.17, 15) is 9.59 Å². The van der Waals surface area contributed by atoms with Gasteiger partial charge < -0.3 is 15.4 Å². The second-order valence-corrected chi connectivity index (χ2v) is 9.22. The number of amides is 2. The van der Waals surface area contributed by atoms with E-state index >= 15 is 0 Å². The second kappa shape index (κ2) is 10.8. The molecule has 0 saturated heterocycles. The molecule has 1 aromatic heterocycles. The number of thiophene rings is 1. The van der Waals surface area contributed by atoms with Gasteiger partial charge in [0.2, 0.25) is 5.91 Å². The Morgan fingerprint density at radius 1 is 0.848 bits per heavy atom. The van der Waals surface area contributed by atoms with Gasteiger partial charge in [-0.2, -0.15) is 0 Å². The SMILES string of the molecule is COc1cccc(NC(=O)C(Sc2cccc(NC(=O)c3cccs3)c2)c2ccccc2)c1. The molecule has 166 valence electrons. The van der Waals surface area contributed by atoms with Gasteiger partial charge in [-0.1, -0.05) is 48.5 Å². The number of thioether (sulfide) groups is 1. The van der Waals surface area contributed by atoms with Crippen LogP contribution < -0.4 is 15.4 Å². The van der Waals surface area contributed by atoms with Gasteiger partial charge in [-0.05, 0) is 47.3 Å². The molecule has 0 bridgehead atoms. The Labute approximate surface area is 200 Å². The van der Waals surface area contributed by atoms with Crippen molar-refractivity contribution >= 4 is 46.3 Å². The van der Waals surface area contributed by atoms with Crippen LogP contribution in [0.15, 0.2) is 101 Å². The zero-order valence-corrected chi connectivity index (χ0v) is 19.5. The van der Waals surface area contributed by atoms with Crippen LogP contribution in [0, 0.1) is 0 Å². The van der Waals surface area contributed by atoms with E-state index < -0.39 is 5.25 Å². The topological polar surface area (TPSA) is 67.4 Å². The molecule has 1 unspecified atom stereocenters. The summed E-state index contributed by atoms with van der Waals surface area (Å²) in [6.45, 7) is 0. The summed E-state index contributed by atoms with van der Waals surface area (Å²) in [7, 11) is 1.59. The molecule has 0 radical (unpaired) electrons. The third-order valence-corrected chi connectivity index (χ3v) is 6.89. The normalized spacial score (nSPS) is 11.4. The minimum Gasteiger partial charge on any atom is -0.497 e. The Hall–Kier alpha value is -3.55. The van der Waals surface area contributed by atoms with Gasteiger partial charge in [-0.3, -0.25) is 9.59 Å². The third-order valence-electron chi connectivity index (χ3n) is 4.77. The monoisotopic (exact) mass is 474 g/mol. The van der Waals surface area contributed by atoms with Gasteiger partial charge in [0.05, 0.1) is 12.0 Å². The number of ether oxygens (including phenoxy) is 1. The van der Waals surface area contributed by atoms with Gasteiger partial charge in [0, 0.05) is 22.3 Å². The fourth-order valence-corrected chi connectivity index (χ4v) is 4.90. The molecular formula is C26H22N2O3S2. The first kappa shape index (κ1) is 22.6. The molecule has 0 aliphatic heterocycles. The second-order valence-electron chi connectivity index (χ2n) is 7.09. The first-order chi connectivity index (χ1) is 16.1. The molecule has 0 saturated carbocycles. The van der Waals surface area contributed by atoms with Crippen LogP contribution in [-0.4, -0.2) is 18.9 Å². The lowest BCUT2D eigenvalue weighted by molar-refractivity contribution is -0.115. The molecule has 5 nitrogen and oxygen atoms in total. The van der Waals surface area contributed by atoms with Crippen molar-refractivity contribution in [2.75, 3.05) is 17.7 Å². The van der Waals surface area contributed by atoms with Crippen molar-refractivity contribution in [1.82, 2.24) is 0 Å². The van der Waals surface area contributed by atoms with Crippen LogP contribution in [0.3, 0.4) is 0 Å². The van der Waals surface area contributed by atoms with Gasteiger partial charge in [-0.25, -0.2) is 0 Å². The van der Waals surface area contributed by atoms with Crippen molar-refractivity contribution < 1.29 is 14.3 Å². The van der Waals surface area contributed by atoms with Crippen LogP contribution in [-0.2, 0) is 4.79 Å². The number of methoxy groups -OCH3 is 1. The molecular weight excluding hydrogens is 452 g/mol. The largest absolute Gasteiger partial charge is 0.497 e. The van der Waals surface area contributed by atoms with Gasteiger partial charge >= 0.3 is 0 Å². The van der Waals surface area contributed by atoms with Crippen molar-refractivity contribution in [1.29, 1.82) is 0 Å². The minimum absolute atomic E-state index is 0.146. The lowest BCUT2D eigenvalue weighted by atomic mass is 10.1. The number of rotatable bonds is 8. The van der Waals surface area contributed by atoms with E-state index in [1.807, 2.05) is 84.2 Å². The number of carbonyl (C=O) groups is 2. The Balaban J connectivity index is 1.54. The predicted molar refractivity (Wildman–Crippen MR) is 135 cm³/mol. The van der Waals surface area contributed by atoms with Crippen LogP contribution >= 0.6 is 23.1 Å². The van der Waals surface area contributed by atoms with Crippen LogP contribution in [0.1, 0.15) is 20.5 Å². The van der Waals surface area contributed by atoms with Crippen molar-refractivity contribution in [2.24, 2.45) is 0 Å². The maximum absolute atomic E-state index is 13.3. The van der Waals surface area contributed by atoms with E-state index in [1.54, 1.807) is 19.2 Å². The Bertz CT molecular complexity index is 1230. The van der Waals surface area contributed by atoms with Crippen LogP contribution in [0.25, 0.3) is 0 Å². The summed E-state index contributed by atoms with van der Waals surface area (Å²) < 4.78 is 5.26. The van der Waals surface area contributed by atoms with Crippen molar-refractivity contribution in [2.45, 2.75) is 10.1 Å². The average Bonchev–Trinajstić information content (AvgIpc) is 3.39. The number of benzene rings is 3. The number of anilines is 2. The predicted octanol–water partition coefficient (Wildman–Crippen LogP) is 6.48. The maximum atomic E-state index is 13.3. The van der Waals surface area contributed by atoms with Crippen molar-refractivity contribution in [3.63, 3.8) is 0 Å². The highest BCUT2D eigenvalue weighted by Gasteiger charge is 2.22. The molecule has 0 aliphatic rings. The average molecular weight is 475 g/mol. The number of hydrogen-bond acceptors (Lipinski definition) is 5. The Kier molecular flexibility index (Phi) is 7.44. The van der Waals surface area contributed by atoms with Crippen LogP contribution in [0.2, 0.25) is 0 Å². The molecule has 2 N–H and O–H groups in total. The fraction of sp³-hybridized carbons (Fsp3) is 0.0769. The summed E-state index contributed by atoms with van der Waals surface area (Å²) >= 11 is 2.82. The lowest BCUT2D eigenvalue weighted by Crippen LogP contribution is -2.19. The standard InChI is InChI=1S/C26H22N2O3S2/c1-31-21-12-5-10-19(16-21)28-26(30)24(18-8-3-2-4-9-18)33-22-13-6-11-20(17-22)27-25(29)23-14-7-15-32-23/h2-17,24H,1H3,(H,27,29)(H,28,30). The first-order valence-electron chi connectivity index (χ1n) is 10.2. The summed E-state index contributed by atoms with van der Waals surface area (Å²) in [5.74, 6) is 0.376. The van der Waals surface area contributed by atoms with Gasteiger partial charge in [0.15, 0.2) is 0 Å². The van der Waals surface area contributed by atoms with Gasteiger partial charge in [0.1, 0.15) is 11.0 Å². The molecule has 1 heterocycles. The van der Waals surface area contributed by atoms with E-state index in [-0.39, 0.29) is 11.8 Å². The highest BCUT2D eigenvalue weighted by Crippen LogP contribution is 2.37. The van der Waals surface area contributed by atoms with Gasteiger partial charge in [0.25, 0.3) is 5.91 Å². The lowest BCUT2D eigenvalue weighted by Gasteiger charge is -2.18. The molecule has 0 aliphatic carbocycles. The Morgan fingerprint density at radius 3 is 2.33 bits per heavy atom. The summed E-state index contributed by atoms with van der Waals surface area (Å²) in [5.41, 5.74) is 2.23. The van der Waals surface area contributed by atoms with Crippen molar-refractivity contribution in [3.05, 3.63) is 107 Å². The molecule has 7 heteroatoms. The molecule has 33 heavy (non-hydrogen) atoms. The quantitative estimate of drug-likeness (QED) is 0.287. The van der Waals surface area contributed by atoms with E-state index in [0.717, 1.165) is 10.5 Å². The molecule has 4 aromatic rings. The summed E-state index contributed by atoms with van der Waals surface area (Å²) in [4.78, 5) is 27.2. The number of nitrogens with one attached hydrogen (secondary N) is 2. The molecule has 3 aromatic carbocycles. The zero-order chi connectivity index (χ0) is 23.0. The summed E-state index contributed by atoms with van der Waals surface area (Å²) in [6, 6.07) is 28.0. The molecule has 4 rings (SSSR count). The van der Waals surface area contributed by atoms with E-state index in [4.69, 9.17) is 4.74 Å². The van der Waals surface area contributed by atoms with Gasteiger partial charge in [-0.15, -0.1) is 23.1 Å². The van der Waals surface area contributed by atoms with E-state index in [1.165, 1.54) is 23.1 Å². The smallest absolute Gasteiger partial charge is 0.265 e. The fourth-order valence-electron chi connectivity index (χ4n) is 3.19. The maximum Gasteiger partial charge on any atom is 0.265 e.